The summed E-state index contributed by atoms with van der Waals surface area (Å²) < 4.78 is 4.86. The molecule has 1 aromatic rings. The Balaban J connectivity index is 2.30. The summed E-state index contributed by atoms with van der Waals surface area (Å²) in [4.78, 5) is 25.0. The summed E-state index contributed by atoms with van der Waals surface area (Å²) in [6.07, 6.45) is 2.05. The molecule has 2 unspecified atom stereocenters. The highest BCUT2D eigenvalue weighted by atomic mass is 32.2. The van der Waals surface area contributed by atoms with Gasteiger partial charge in [0.05, 0.1) is 11.6 Å². The molecule has 1 aromatic heterocycles. The van der Waals surface area contributed by atoms with Crippen LogP contribution in [0.15, 0.2) is 10.7 Å². The molecule has 0 radical (unpaired) electrons. The first-order valence-electron chi connectivity index (χ1n) is 5.64. The summed E-state index contributed by atoms with van der Waals surface area (Å²) in [5, 5.41) is 12.6. The van der Waals surface area contributed by atoms with Gasteiger partial charge < -0.3 is 14.5 Å². The van der Waals surface area contributed by atoms with Crippen molar-refractivity contribution in [2.75, 3.05) is 5.75 Å². The summed E-state index contributed by atoms with van der Waals surface area (Å²) in [5.74, 6) is -0.459. The minimum Gasteiger partial charge on any atom is -0.480 e. The molecule has 0 spiro atoms. The zero-order valence-electron chi connectivity index (χ0n) is 10.1. The third kappa shape index (κ3) is 2.10. The van der Waals surface area contributed by atoms with E-state index in [0.717, 1.165) is 0 Å². The molecule has 0 aliphatic carbocycles. The fraction of sp³-hybridized carbons (Fsp3) is 0.545. The summed E-state index contributed by atoms with van der Waals surface area (Å²) in [6, 6.07) is -0.776. The molecule has 1 amide bonds. The number of carbonyl (C=O) groups is 2. The number of aromatic nitrogens is 1. The maximum Gasteiger partial charge on any atom is 0.327 e. The van der Waals surface area contributed by atoms with Crippen molar-refractivity contribution in [1.82, 2.24) is 10.1 Å². The number of nitrogens with zero attached hydrogens (tertiary/aromatic N) is 2. The zero-order valence-corrected chi connectivity index (χ0v) is 10.9. The van der Waals surface area contributed by atoms with E-state index >= 15 is 0 Å². The van der Waals surface area contributed by atoms with Gasteiger partial charge in [-0.05, 0) is 13.3 Å². The molecule has 2 heterocycles. The van der Waals surface area contributed by atoms with E-state index in [1.807, 2.05) is 6.92 Å². The van der Waals surface area contributed by atoms with Crippen LogP contribution in [0.5, 0.6) is 0 Å². The van der Waals surface area contributed by atoms with Crippen molar-refractivity contribution in [3.8, 4) is 0 Å². The molecule has 7 heteroatoms. The summed E-state index contributed by atoms with van der Waals surface area (Å²) in [5.41, 5.74) is 0.335. The number of carboxylic acid groups (broad SMARTS) is 1. The Kier molecular flexibility index (Phi) is 3.60. The first-order chi connectivity index (χ1) is 8.56. The first kappa shape index (κ1) is 12.9. The van der Waals surface area contributed by atoms with Crippen LogP contribution in [0, 0.1) is 6.92 Å². The lowest BCUT2D eigenvalue weighted by atomic mass is 10.2. The van der Waals surface area contributed by atoms with Gasteiger partial charge in [-0.2, -0.15) is 0 Å². The molecule has 1 N–H and O–H groups in total. The molecule has 1 aliphatic rings. The number of carboxylic acids is 1. The number of aryl methyl sites for hydroxylation is 1. The van der Waals surface area contributed by atoms with Gasteiger partial charge in [0.25, 0.3) is 5.91 Å². The fourth-order valence-corrected chi connectivity index (χ4v) is 3.33. The van der Waals surface area contributed by atoms with Crippen molar-refractivity contribution in [2.24, 2.45) is 0 Å². The standard InChI is InChI=1S/C11H14N2O4S/c1-3-9-13(8(5-18-9)11(15)16)10(14)7-4-12-17-6(7)2/h4,8-9H,3,5H2,1-2H3,(H,15,16). The third-order valence-corrected chi connectivity index (χ3v) is 4.40. The number of aliphatic carboxylic acids is 1. The molecule has 0 aromatic carbocycles. The molecule has 0 saturated carbocycles. The van der Waals surface area contributed by atoms with Gasteiger partial charge in [0, 0.05) is 5.75 Å². The van der Waals surface area contributed by atoms with Crippen LogP contribution in [0.2, 0.25) is 0 Å². The Labute approximate surface area is 108 Å². The predicted molar refractivity (Wildman–Crippen MR) is 65.4 cm³/mol. The molecule has 6 nitrogen and oxygen atoms in total. The van der Waals surface area contributed by atoms with Crippen molar-refractivity contribution < 1.29 is 19.2 Å². The summed E-state index contributed by atoms with van der Waals surface area (Å²) >= 11 is 1.49. The number of rotatable bonds is 3. The van der Waals surface area contributed by atoms with Gasteiger partial charge in [-0.25, -0.2) is 4.79 Å². The average molecular weight is 270 g/mol. The highest BCUT2D eigenvalue weighted by molar-refractivity contribution is 8.00. The molecular weight excluding hydrogens is 256 g/mol. The van der Waals surface area contributed by atoms with Gasteiger partial charge in [0.15, 0.2) is 0 Å². The molecule has 2 atom stereocenters. The highest BCUT2D eigenvalue weighted by Gasteiger charge is 2.41. The van der Waals surface area contributed by atoms with Crippen LogP contribution in [0.4, 0.5) is 0 Å². The number of carbonyl (C=O) groups excluding carboxylic acids is 1. The maximum atomic E-state index is 12.4. The smallest absolute Gasteiger partial charge is 0.327 e. The summed E-state index contributed by atoms with van der Waals surface area (Å²) in [6.45, 7) is 3.57. The predicted octanol–water partition coefficient (Wildman–Crippen LogP) is 1.36. The average Bonchev–Trinajstić information content (AvgIpc) is 2.93. The Hall–Kier alpha value is -1.50. The Bertz CT molecular complexity index is 473. The molecule has 1 saturated heterocycles. The second kappa shape index (κ2) is 5.01. The van der Waals surface area contributed by atoms with Crippen LogP contribution >= 0.6 is 11.8 Å². The van der Waals surface area contributed by atoms with Crippen LogP contribution in [0.1, 0.15) is 29.5 Å². The quantitative estimate of drug-likeness (QED) is 0.892. The van der Waals surface area contributed by atoms with E-state index in [2.05, 4.69) is 5.16 Å². The number of thioether (sulfide) groups is 1. The van der Waals surface area contributed by atoms with Crippen LogP contribution in [-0.4, -0.2) is 44.2 Å². The molecule has 0 bridgehead atoms. The fourth-order valence-electron chi connectivity index (χ4n) is 1.98. The maximum absolute atomic E-state index is 12.4. The normalized spacial score (nSPS) is 23.3. The van der Waals surface area contributed by atoms with E-state index < -0.39 is 12.0 Å². The van der Waals surface area contributed by atoms with E-state index in [1.165, 1.54) is 22.9 Å². The largest absolute Gasteiger partial charge is 0.480 e. The topological polar surface area (TPSA) is 83.6 Å². The van der Waals surface area contributed by atoms with Gasteiger partial charge in [-0.3, -0.25) is 4.79 Å². The number of hydrogen-bond donors (Lipinski definition) is 1. The molecule has 1 fully saturated rings. The highest BCUT2D eigenvalue weighted by Crippen LogP contribution is 2.33. The van der Waals surface area contributed by atoms with E-state index in [1.54, 1.807) is 6.92 Å². The minimum absolute atomic E-state index is 0.104. The Morgan fingerprint density at radius 3 is 2.89 bits per heavy atom. The third-order valence-electron chi connectivity index (χ3n) is 2.94. The van der Waals surface area contributed by atoms with E-state index in [4.69, 9.17) is 9.63 Å². The van der Waals surface area contributed by atoms with Gasteiger partial charge >= 0.3 is 5.97 Å². The van der Waals surface area contributed by atoms with E-state index in [-0.39, 0.29) is 11.3 Å². The SMILES string of the molecule is CCC1SCC(C(=O)O)N1C(=O)c1cnoc1C. The minimum atomic E-state index is -0.971. The Morgan fingerprint density at radius 2 is 2.39 bits per heavy atom. The number of amides is 1. The van der Waals surface area contributed by atoms with Crippen LogP contribution in [0.25, 0.3) is 0 Å². The molecule has 2 rings (SSSR count). The Morgan fingerprint density at radius 1 is 1.67 bits per heavy atom. The first-order valence-corrected chi connectivity index (χ1v) is 6.69. The zero-order chi connectivity index (χ0) is 13.3. The van der Waals surface area contributed by atoms with Crippen LogP contribution in [0.3, 0.4) is 0 Å². The second-order valence-electron chi connectivity index (χ2n) is 4.06. The molecule has 98 valence electrons. The van der Waals surface area contributed by atoms with Crippen molar-refractivity contribution >= 4 is 23.6 Å². The molecular formula is C11H14N2O4S. The van der Waals surface area contributed by atoms with Crippen molar-refractivity contribution in [2.45, 2.75) is 31.7 Å². The lowest BCUT2D eigenvalue weighted by Gasteiger charge is -2.26. The van der Waals surface area contributed by atoms with Gasteiger partial charge in [-0.15, -0.1) is 11.8 Å². The van der Waals surface area contributed by atoms with Gasteiger partial charge in [-0.1, -0.05) is 12.1 Å². The van der Waals surface area contributed by atoms with Gasteiger partial charge in [0.1, 0.15) is 17.4 Å². The molecule has 1 aliphatic heterocycles. The lowest BCUT2D eigenvalue weighted by Crippen LogP contribution is -2.45. The van der Waals surface area contributed by atoms with Crippen molar-refractivity contribution in [1.29, 1.82) is 0 Å². The molecule has 18 heavy (non-hydrogen) atoms. The van der Waals surface area contributed by atoms with E-state index in [0.29, 0.717) is 23.5 Å². The monoisotopic (exact) mass is 270 g/mol. The van der Waals surface area contributed by atoms with Crippen LogP contribution < -0.4 is 0 Å². The number of hydrogen-bond acceptors (Lipinski definition) is 5. The second-order valence-corrected chi connectivity index (χ2v) is 5.27. The van der Waals surface area contributed by atoms with Gasteiger partial charge in [0.2, 0.25) is 0 Å². The summed E-state index contributed by atoms with van der Waals surface area (Å²) in [7, 11) is 0. The van der Waals surface area contributed by atoms with Crippen LogP contribution in [-0.2, 0) is 4.79 Å². The van der Waals surface area contributed by atoms with E-state index in [9.17, 15) is 9.59 Å². The van der Waals surface area contributed by atoms with Crippen molar-refractivity contribution in [3.63, 3.8) is 0 Å². The lowest BCUT2D eigenvalue weighted by molar-refractivity contribution is -0.141. The van der Waals surface area contributed by atoms with Crippen molar-refractivity contribution in [3.05, 3.63) is 17.5 Å².